The number of nitrogens with one attached hydrogen (secondary N) is 1. The molecule has 1 fully saturated rings. The van der Waals surface area contributed by atoms with E-state index in [-0.39, 0.29) is 18.1 Å². The molecule has 0 unspecified atom stereocenters. The van der Waals surface area contributed by atoms with Crippen molar-refractivity contribution in [2.24, 2.45) is 0 Å². The molecule has 0 aliphatic carbocycles. The van der Waals surface area contributed by atoms with E-state index in [1.165, 1.54) is 7.11 Å². The normalized spacial score (nSPS) is 18.4. The predicted octanol–water partition coefficient (Wildman–Crippen LogP) is 3.88. The molecule has 0 bridgehead atoms. The molecule has 0 radical (unpaired) electrons. The highest BCUT2D eigenvalue weighted by Gasteiger charge is 2.39. The number of aromatic nitrogens is 2. The number of hydrogen-bond donors (Lipinski definition) is 1. The monoisotopic (exact) mass is 420 g/mol. The van der Waals surface area contributed by atoms with Gasteiger partial charge in [0.2, 0.25) is 0 Å². The summed E-state index contributed by atoms with van der Waals surface area (Å²) in [5, 5.41) is 4.10. The Hall–Kier alpha value is -3.19. The van der Waals surface area contributed by atoms with Crippen LogP contribution in [0.5, 0.6) is 0 Å². The van der Waals surface area contributed by atoms with Crippen molar-refractivity contribution in [2.45, 2.75) is 25.9 Å². The lowest BCUT2D eigenvalue weighted by molar-refractivity contribution is 0.0600. The van der Waals surface area contributed by atoms with Gasteiger partial charge in [0.25, 0.3) is 0 Å². The van der Waals surface area contributed by atoms with Gasteiger partial charge in [0.05, 0.1) is 36.1 Å². The molecule has 3 heterocycles. The predicted molar refractivity (Wildman–Crippen MR) is 120 cm³/mol. The minimum Gasteiger partial charge on any atom is -0.465 e. The van der Waals surface area contributed by atoms with Gasteiger partial charge in [-0.2, -0.15) is 0 Å². The number of rotatable bonds is 4. The Bertz CT molecular complexity index is 1110. The number of pyridine rings is 1. The van der Waals surface area contributed by atoms with Crippen molar-refractivity contribution in [3.63, 3.8) is 0 Å². The Morgan fingerprint density at radius 3 is 2.60 bits per heavy atom. The van der Waals surface area contributed by atoms with Crippen LogP contribution in [-0.4, -0.2) is 39.7 Å². The van der Waals surface area contributed by atoms with Crippen LogP contribution in [0.25, 0.3) is 5.69 Å². The number of esters is 1. The summed E-state index contributed by atoms with van der Waals surface area (Å²) in [5.74, 6) is -0.355. The Kier molecular flexibility index (Phi) is 5.30. The summed E-state index contributed by atoms with van der Waals surface area (Å²) in [5.41, 5.74) is 5.49. The van der Waals surface area contributed by atoms with Gasteiger partial charge >= 0.3 is 5.97 Å². The van der Waals surface area contributed by atoms with Crippen LogP contribution in [0.15, 0.2) is 54.7 Å². The SMILES string of the molecule is COC(=O)c1ccccc1-n1c(C)cc([C@H]2[C@@H](c3ccccn3)NC(=S)N2C)c1C. The molecule has 6 nitrogen and oxygen atoms in total. The lowest BCUT2D eigenvalue weighted by Gasteiger charge is -2.24. The summed E-state index contributed by atoms with van der Waals surface area (Å²) in [4.78, 5) is 19.0. The van der Waals surface area contributed by atoms with Crippen LogP contribution in [0.3, 0.4) is 0 Å². The van der Waals surface area contributed by atoms with Gasteiger partial charge in [0, 0.05) is 24.6 Å². The standard InChI is InChI=1S/C23H24N4O2S/c1-14-13-17(15(2)27(14)19-11-6-5-9-16(19)22(28)29-4)21-20(25-23(30)26(21)3)18-10-7-8-12-24-18/h5-13,20-21H,1-4H3,(H,25,30)/t20-,21+/m1/s1. The van der Waals surface area contributed by atoms with Gasteiger partial charge in [-0.1, -0.05) is 18.2 Å². The van der Waals surface area contributed by atoms with Crippen LogP contribution >= 0.6 is 12.2 Å². The zero-order valence-electron chi connectivity index (χ0n) is 17.4. The van der Waals surface area contributed by atoms with Crippen molar-refractivity contribution in [1.29, 1.82) is 0 Å². The third kappa shape index (κ3) is 3.25. The molecular weight excluding hydrogens is 396 g/mol. The van der Waals surface area contributed by atoms with Gasteiger partial charge in [-0.25, -0.2) is 4.79 Å². The maximum Gasteiger partial charge on any atom is 0.339 e. The number of carbonyl (C=O) groups is 1. The first-order valence-corrected chi connectivity index (χ1v) is 10.2. The highest BCUT2D eigenvalue weighted by molar-refractivity contribution is 7.80. The third-order valence-corrected chi connectivity index (χ3v) is 6.08. The van der Waals surface area contributed by atoms with E-state index < -0.39 is 0 Å². The summed E-state index contributed by atoms with van der Waals surface area (Å²) in [6, 6.07) is 15.5. The molecule has 1 saturated heterocycles. The molecule has 0 amide bonds. The average Bonchev–Trinajstić information content (AvgIpc) is 3.22. The van der Waals surface area contributed by atoms with Crippen LogP contribution in [-0.2, 0) is 4.74 Å². The van der Waals surface area contributed by atoms with Gasteiger partial charge in [-0.05, 0) is 62.0 Å². The van der Waals surface area contributed by atoms with Crippen molar-refractivity contribution < 1.29 is 9.53 Å². The van der Waals surface area contributed by atoms with Crippen molar-refractivity contribution in [3.05, 3.63) is 82.9 Å². The molecule has 4 rings (SSSR count). The zero-order valence-corrected chi connectivity index (χ0v) is 18.2. The number of benzene rings is 1. The number of para-hydroxylation sites is 1. The fourth-order valence-electron chi connectivity index (χ4n) is 4.26. The first-order chi connectivity index (χ1) is 14.4. The molecule has 1 aromatic carbocycles. The number of hydrogen-bond acceptors (Lipinski definition) is 4. The average molecular weight is 421 g/mol. The molecule has 1 aliphatic rings. The Morgan fingerprint density at radius 1 is 1.17 bits per heavy atom. The molecule has 2 atom stereocenters. The molecule has 0 spiro atoms. The van der Waals surface area contributed by atoms with E-state index in [4.69, 9.17) is 17.0 Å². The van der Waals surface area contributed by atoms with Crippen molar-refractivity contribution in [3.8, 4) is 5.69 Å². The molecule has 30 heavy (non-hydrogen) atoms. The maximum atomic E-state index is 12.3. The number of carbonyl (C=O) groups excluding carboxylic acids is 1. The molecule has 1 N–H and O–H groups in total. The van der Waals surface area contributed by atoms with E-state index in [0.717, 1.165) is 28.3 Å². The second-order valence-corrected chi connectivity index (χ2v) is 7.79. The summed E-state index contributed by atoms with van der Waals surface area (Å²) >= 11 is 5.56. The fraction of sp³-hybridized carbons (Fsp3) is 0.261. The molecule has 0 saturated carbocycles. The van der Waals surface area contributed by atoms with Crippen molar-refractivity contribution in [1.82, 2.24) is 19.8 Å². The second kappa shape index (κ2) is 7.91. The summed E-state index contributed by atoms with van der Waals surface area (Å²) in [7, 11) is 3.40. The van der Waals surface area contributed by atoms with Gasteiger partial charge in [0.15, 0.2) is 5.11 Å². The van der Waals surface area contributed by atoms with E-state index in [1.807, 2.05) is 50.4 Å². The van der Waals surface area contributed by atoms with Crippen LogP contribution in [0, 0.1) is 13.8 Å². The Balaban J connectivity index is 1.85. The quantitative estimate of drug-likeness (QED) is 0.511. The Morgan fingerprint density at radius 2 is 1.90 bits per heavy atom. The first-order valence-electron chi connectivity index (χ1n) is 9.75. The van der Waals surface area contributed by atoms with E-state index in [9.17, 15) is 4.79 Å². The van der Waals surface area contributed by atoms with Gasteiger partial charge in [-0.3, -0.25) is 4.98 Å². The van der Waals surface area contributed by atoms with Crippen LogP contribution < -0.4 is 5.32 Å². The first kappa shape index (κ1) is 20.1. The minimum atomic E-state index is -0.355. The molecular formula is C23H24N4O2S. The maximum absolute atomic E-state index is 12.3. The minimum absolute atomic E-state index is 0.0161. The molecule has 1 aliphatic heterocycles. The van der Waals surface area contributed by atoms with E-state index in [2.05, 4.69) is 32.8 Å². The Labute approximate surface area is 181 Å². The van der Waals surface area contributed by atoms with Crippen molar-refractivity contribution in [2.75, 3.05) is 14.2 Å². The van der Waals surface area contributed by atoms with Crippen molar-refractivity contribution >= 4 is 23.3 Å². The number of ether oxygens (including phenoxy) is 1. The number of methoxy groups -OCH3 is 1. The lowest BCUT2D eigenvalue weighted by Crippen LogP contribution is -2.25. The largest absolute Gasteiger partial charge is 0.465 e. The van der Waals surface area contributed by atoms with E-state index in [0.29, 0.717) is 10.7 Å². The van der Waals surface area contributed by atoms with E-state index in [1.54, 1.807) is 12.3 Å². The summed E-state index contributed by atoms with van der Waals surface area (Å²) in [6.45, 7) is 4.11. The third-order valence-electron chi connectivity index (χ3n) is 5.68. The summed E-state index contributed by atoms with van der Waals surface area (Å²) < 4.78 is 7.10. The zero-order chi connectivity index (χ0) is 21.4. The highest BCUT2D eigenvalue weighted by atomic mass is 32.1. The van der Waals surface area contributed by atoms with Crippen LogP contribution in [0.1, 0.15) is 45.1 Å². The van der Waals surface area contributed by atoms with Gasteiger partial charge in [0.1, 0.15) is 0 Å². The topological polar surface area (TPSA) is 59.4 Å². The molecule has 2 aromatic heterocycles. The molecule has 7 heteroatoms. The lowest BCUT2D eigenvalue weighted by atomic mass is 9.97. The van der Waals surface area contributed by atoms with Crippen LogP contribution in [0.4, 0.5) is 0 Å². The smallest absolute Gasteiger partial charge is 0.339 e. The number of thiocarbonyl (C=S) groups is 1. The van der Waals surface area contributed by atoms with Gasteiger partial charge < -0.3 is 19.5 Å². The second-order valence-electron chi connectivity index (χ2n) is 7.41. The number of aryl methyl sites for hydroxylation is 1. The fourth-order valence-corrected chi connectivity index (χ4v) is 4.50. The molecule has 154 valence electrons. The van der Waals surface area contributed by atoms with Crippen LogP contribution in [0.2, 0.25) is 0 Å². The van der Waals surface area contributed by atoms with E-state index >= 15 is 0 Å². The van der Waals surface area contributed by atoms with Gasteiger partial charge in [-0.15, -0.1) is 0 Å². The summed E-state index contributed by atoms with van der Waals surface area (Å²) in [6.07, 6.45) is 1.80. The highest BCUT2D eigenvalue weighted by Crippen LogP contribution is 2.40. The number of likely N-dealkylation sites (N-methyl/N-ethyl adjacent to an activating group) is 1. The number of nitrogens with zero attached hydrogens (tertiary/aromatic N) is 3. The molecule has 3 aromatic rings.